The molecule has 0 aliphatic carbocycles. The van der Waals surface area contributed by atoms with Crippen LogP contribution in [-0.2, 0) is 29.4 Å². The number of hydrogen-bond acceptors (Lipinski definition) is 1. The molecule has 28 heavy (non-hydrogen) atoms. The predicted molar refractivity (Wildman–Crippen MR) is 107 cm³/mol. The SMILES string of the molecule is CCC(C)(C)c1cc(-n2n3c4ccccc4n23)c(O)c(C(C)(C)CC)c1.[U].[V]. The van der Waals surface area contributed by atoms with E-state index in [1.807, 2.05) is 0 Å². The molecule has 4 rings (SSSR count). The minimum atomic E-state index is -0.0781. The molecule has 4 nitrogen and oxygen atoms in total. The molecule has 4 aromatic rings. The summed E-state index contributed by atoms with van der Waals surface area (Å²) in [6, 6.07) is 12.7. The van der Waals surface area contributed by atoms with Crippen LogP contribution in [-0.4, -0.2) is 19.2 Å². The monoisotopic (exact) mass is 640 g/mol. The van der Waals surface area contributed by atoms with Crippen LogP contribution in [0.15, 0.2) is 36.4 Å². The molecule has 0 spiro atoms. The van der Waals surface area contributed by atoms with E-state index in [0.717, 1.165) is 24.1 Å². The van der Waals surface area contributed by atoms with Crippen LogP contribution in [0, 0.1) is 31.1 Å². The Balaban J connectivity index is 0.00000140. The van der Waals surface area contributed by atoms with Crippen molar-refractivity contribution in [3.05, 3.63) is 47.5 Å². The van der Waals surface area contributed by atoms with Gasteiger partial charge in [0.1, 0.15) is 22.5 Å². The maximum absolute atomic E-state index is 11.2. The zero-order valence-corrected chi connectivity index (χ0v) is 23.2. The van der Waals surface area contributed by atoms with Gasteiger partial charge in [-0.25, -0.2) is 0 Å². The van der Waals surface area contributed by atoms with E-state index in [9.17, 15) is 5.11 Å². The molecule has 0 bridgehead atoms. The van der Waals surface area contributed by atoms with Crippen molar-refractivity contribution in [1.29, 1.82) is 0 Å². The summed E-state index contributed by atoms with van der Waals surface area (Å²) < 4.78 is 4.21. The van der Waals surface area contributed by atoms with Crippen molar-refractivity contribution in [3.63, 3.8) is 0 Å². The van der Waals surface area contributed by atoms with E-state index >= 15 is 0 Å². The first-order chi connectivity index (χ1) is 12.2. The average molecular weight is 640 g/mol. The second kappa shape index (κ2) is 7.84. The molecule has 0 unspecified atom stereocenters. The summed E-state index contributed by atoms with van der Waals surface area (Å²) in [6.07, 6.45) is 2.03. The molecule has 0 amide bonds. The Labute approximate surface area is 202 Å². The summed E-state index contributed by atoms with van der Waals surface area (Å²) in [5, 5.41) is 11.2. The predicted octanol–water partition coefficient (Wildman–Crippen LogP) is 5.50. The summed E-state index contributed by atoms with van der Waals surface area (Å²) in [7, 11) is 0. The topological polar surface area (TPSA) is 34.0 Å². The molecule has 1 radical (unpaired) electrons. The fourth-order valence-corrected chi connectivity index (χ4v) is 3.57. The Morgan fingerprint density at radius 1 is 0.857 bits per heavy atom. The molecule has 0 aliphatic rings. The van der Waals surface area contributed by atoms with Gasteiger partial charge in [-0.15, -0.1) is 14.1 Å². The van der Waals surface area contributed by atoms with Crippen molar-refractivity contribution in [2.45, 2.75) is 65.2 Å². The number of phenols is 1. The first-order valence-electron chi connectivity index (χ1n) is 9.60. The number of para-hydroxylation sites is 2. The van der Waals surface area contributed by atoms with Gasteiger partial charge in [0.05, 0.1) is 0 Å². The quantitative estimate of drug-likeness (QED) is 0.308. The van der Waals surface area contributed by atoms with E-state index < -0.39 is 0 Å². The summed E-state index contributed by atoms with van der Waals surface area (Å²) in [5.74, 6) is 0.396. The van der Waals surface area contributed by atoms with Crippen molar-refractivity contribution in [2.24, 2.45) is 0 Å². The molecule has 2 aromatic carbocycles. The van der Waals surface area contributed by atoms with E-state index in [2.05, 4.69) is 92.0 Å². The number of rotatable bonds is 5. The molecule has 2 heterocycles. The number of phenolic OH excluding ortho intramolecular Hbond substituents is 1. The average Bonchev–Trinajstić information content (AvgIpc) is 3.28. The van der Waals surface area contributed by atoms with Gasteiger partial charge < -0.3 is 5.11 Å². The molecule has 0 saturated heterocycles. The van der Waals surface area contributed by atoms with Gasteiger partial charge in [0.2, 0.25) is 0 Å². The second-order valence-electron chi connectivity index (χ2n) is 8.72. The number of hydrogen-bond donors (Lipinski definition) is 1. The third-order valence-corrected chi connectivity index (χ3v) is 6.40. The van der Waals surface area contributed by atoms with Crippen LogP contribution in [0.5, 0.6) is 5.75 Å². The molecule has 0 aliphatic heterocycles. The number of benzene rings is 2. The molecule has 0 saturated carbocycles. The van der Waals surface area contributed by atoms with Crippen molar-refractivity contribution in [3.8, 4) is 11.4 Å². The first kappa shape index (κ1) is 23.6. The van der Waals surface area contributed by atoms with Gasteiger partial charge in [-0.3, -0.25) is 0 Å². The van der Waals surface area contributed by atoms with Crippen molar-refractivity contribution in [2.75, 3.05) is 0 Å². The maximum atomic E-state index is 11.2. The van der Waals surface area contributed by atoms with Crippen LogP contribution in [0.25, 0.3) is 16.7 Å². The van der Waals surface area contributed by atoms with Gasteiger partial charge in [0, 0.05) is 55.2 Å². The third-order valence-electron chi connectivity index (χ3n) is 6.40. The normalized spacial score (nSPS) is 12.5. The van der Waals surface area contributed by atoms with Gasteiger partial charge in [-0.05, 0) is 47.4 Å². The third kappa shape index (κ3) is 3.39. The van der Waals surface area contributed by atoms with Crippen LogP contribution in [0.1, 0.15) is 65.5 Å². The number of nitrogens with zero attached hydrogens (tertiary/aromatic N) is 3. The summed E-state index contributed by atoms with van der Waals surface area (Å²) in [6.45, 7) is 13.4. The minimum Gasteiger partial charge on any atom is -0.505 e. The van der Waals surface area contributed by atoms with Crippen LogP contribution >= 0.6 is 0 Å². The molecule has 1 N–H and O–H groups in total. The van der Waals surface area contributed by atoms with E-state index in [4.69, 9.17) is 0 Å². The molecule has 2 aromatic heterocycles. The molecule has 147 valence electrons. The Hall–Kier alpha value is -0.724. The minimum absolute atomic E-state index is 0. The van der Waals surface area contributed by atoms with Gasteiger partial charge in [0.15, 0.2) is 0 Å². The largest absolute Gasteiger partial charge is 0.505 e. The van der Waals surface area contributed by atoms with Gasteiger partial charge >= 0.3 is 0 Å². The van der Waals surface area contributed by atoms with Crippen LogP contribution in [0.2, 0.25) is 0 Å². The zero-order valence-electron chi connectivity index (χ0n) is 17.6. The molecule has 0 fully saturated rings. The standard InChI is InChI=1S/C22H29N3O.U.V/c1-7-21(3,4)15-13-16(22(5,6)8-2)20(26)19(14-15)25-23-17-11-9-10-12-18(17)24(23)25;;/h9-14,26H,7-8H2,1-6H3;;. The number of aromatic nitrogens is 3. The Kier molecular flexibility index (Phi) is 6.59. The van der Waals surface area contributed by atoms with Crippen molar-refractivity contribution < 1.29 is 54.8 Å². The van der Waals surface area contributed by atoms with Crippen molar-refractivity contribution >= 4 is 11.0 Å². The number of fused-ring (bicyclic) bond motifs is 4. The van der Waals surface area contributed by atoms with Crippen LogP contribution in [0.4, 0.5) is 0 Å². The Morgan fingerprint density at radius 3 is 1.82 bits per heavy atom. The number of aromatic hydroxyl groups is 1. The van der Waals surface area contributed by atoms with Gasteiger partial charge in [0.25, 0.3) is 0 Å². The van der Waals surface area contributed by atoms with Gasteiger partial charge in [-0.1, -0.05) is 59.7 Å². The van der Waals surface area contributed by atoms with E-state index in [1.54, 1.807) is 0 Å². The summed E-state index contributed by atoms with van der Waals surface area (Å²) >= 11 is 0. The van der Waals surface area contributed by atoms with E-state index in [1.165, 1.54) is 16.6 Å². The molecular formula is C22H29N3OUV. The fourth-order valence-electron chi connectivity index (χ4n) is 3.57. The van der Waals surface area contributed by atoms with Crippen LogP contribution in [0.3, 0.4) is 0 Å². The van der Waals surface area contributed by atoms with Crippen molar-refractivity contribution in [1.82, 2.24) is 14.1 Å². The van der Waals surface area contributed by atoms with E-state index in [-0.39, 0.29) is 60.5 Å². The molecule has 6 heteroatoms. The van der Waals surface area contributed by atoms with E-state index in [0.29, 0.717) is 5.75 Å². The summed E-state index contributed by atoms with van der Waals surface area (Å²) in [5.41, 5.74) is 5.54. The first-order valence-corrected chi connectivity index (χ1v) is 9.60. The zero-order chi connectivity index (χ0) is 18.9. The smallest absolute Gasteiger partial charge is 0.146 e. The molecular weight excluding hydrogens is 611 g/mol. The van der Waals surface area contributed by atoms with Gasteiger partial charge in [-0.2, -0.15) is 0 Å². The maximum Gasteiger partial charge on any atom is 0.146 e. The summed E-state index contributed by atoms with van der Waals surface area (Å²) in [4.78, 5) is 2.07. The second-order valence-corrected chi connectivity index (χ2v) is 8.72. The fraction of sp³-hybridized carbons (Fsp3) is 0.455. The Morgan fingerprint density at radius 2 is 1.36 bits per heavy atom. The molecule has 0 atom stereocenters. The van der Waals surface area contributed by atoms with Crippen LogP contribution < -0.4 is 0 Å². The Bertz CT molecular complexity index is 1040.